The highest BCUT2D eigenvalue weighted by atomic mass is 16.1. The van der Waals surface area contributed by atoms with E-state index >= 15 is 0 Å². The van der Waals surface area contributed by atoms with Crippen LogP contribution in [0.15, 0.2) is 41.5 Å². The topological polar surface area (TPSA) is 17.1 Å². The van der Waals surface area contributed by atoms with Gasteiger partial charge in [0.1, 0.15) is 6.29 Å². The summed E-state index contributed by atoms with van der Waals surface area (Å²) in [5.74, 6) is 0. The average Bonchev–Trinajstić information content (AvgIpc) is 2.21. The minimum Gasteiger partial charge on any atom is -0.298 e. The molecule has 0 aliphatic carbocycles. The van der Waals surface area contributed by atoms with Crippen LogP contribution in [0.25, 0.3) is 6.08 Å². The van der Waals surface area contributed by atoms with Gasteiger partial charge in [-0.25, -0.2) is 0 Å². The maximum absolute atomic E-state index is 10.4. The van der Waals surface area contributed by atoms with Crippen LogP contribution in [0.1, 0.15) is 25.0 Å². The van der Waals surface area contributed by atoms with Crippen molar-refractivity contribution in [1.29, 1.82) is 0 Å². The summed E-state index contributed by atoms with van der Waals surface area (Å²) in [7, 11) is 0. The average molecular weight is 200 g/mol. The molecule has 0 radical (unpaired) electrons. The number of rotatable bonds is 3. The quantitative estimate of drug-likeness (QED) is 0.414. The summed E-state index contributed by atoms with van der Waals surface area (Å²) < 4.78 is 0. The van der Waals surface area contributed by atoms with Crippen LogP contribution >= 0.6 is 0 Å². The number of aldehydes is 1. The van der Waals surface area contributed by atoms with Crippen LogP contribution < -0.4 is 0 Å². The van der Waals surface area contributed by atoms with Gasteiger partial charge >= 0.3 is 0 Å². The van der Waals surface area contributed by atoms with Gasteiger partial charge < -0.3 is 0 Å². The Hall–Kier alpha value is -1.63. The minimum absolute atomic E-state index is 0.746. The number of carbonyl (C=O) groups excluding carboxylic acids is 1. The zero-order valence-corrected chi connectivity index (χ0v) is 9.45. The van der Waals surface area contributed by atoms with Gasteiger partial charge in [-0.15, -0.1) is 0 Å². The molecule has 15 heavy (non-hydrogen) atoms. The van der Waals surface area contributed by atoms with E-state index in [1.807, 2.05) is 13.0 Å². The Morgan fingerprint density at radius 3 is 2.20 bits per heavy atom. The Balaban J connectivity index is 2.87. The highest BCUT2D eigenvalue weighted by Gasteiger charge is 1.90. The van der Waals surface area contributed by atoms with Gasteiger partial charge in [-0.2, -0.15) is 0 Å². The van der Waals surface area contributed by atoms with Gasteiger partial charge in [0, 0.05) is 0 Å². The molecule has 1 heteroatoms. The number of hydrogen-bond donors (Lipinski definition) is 0. The molecule has 0 heterocycles. The van der Waals surface area contributed by atoms with Crippen molar-refractivity contribution in [1.82, 2.24) is 0 Å². The fourth-order valence-corrected chi connectivity index (χ4v) is 1.36. The molecule has 0 saturated carbocycles. The summed E-state index contributed by atoms with van der Waals surface area (Å²) in [5.41, 5.74) is 4.25. The first-order valence-electron chi connectivity index (χ1n) is 5.00. The van der Waals surface area contributed by atoms with Crippen molar-refractivity contribution in [3.8, 4) is 0 Å². The lowest BCUT2D eigenvalue weighted by molar-refractivity contribution is -0.104. The van der Waals surface area contributed by atoms with E-state index in [-0.39, 0.29) is 0 Å². The fraction of sp³-hybridized carbons (Fsp3) is 0.214. The third kappa shape index (κ3) is 3.94. The maximum atomic E-state index is 10.4. The van der Waals surface area contributed by atoms with Crippen molar-refractivity contribution in [2.24, 2.45) is 0 Å². The molecule has 0 bridgehead atoms. The molecule has 0 atom stereocenters. The number of benzene rings is 1. The molecule has 0 fully saturated rings. The predicted molar refractivity (Wildman–Crippen MR) is 64.7 cm³/mol. The summed E-state index contributed by atoms with van der Waals surface area (Å²) in [5, 5.41) is 0. The van der Waals surface area contributed by atoms with Crippen LogP contribution in [0.3, 0.4) is 0 Å². The lowest BCUT2D eigenvalue weighted by atomic mass is 10.1. The first-order valence-corrected chi connectivity index (χ1v) is 5.00. The third-order valence-corrected chi connectivity index (χ3v) is 2.11. The Morgan fingerprint density at radius 1 is 1.07 bits per heavy atom. The van der Waals surface area contributed by atoms with Crippen LogP contribution in [-0.2, 0) is 4.79 Å². The van der Waals surface area contributed by atoms with E-state index in [1.165, 1.54) is 5.56 Å². The number of hydrogen-bond acceptors (Lipinski definition) is 1. The van der Waals surface area contributed by atoms with Crippen LogP contribution in [-0.4, -0.2) is 6.29 Å². The number of allylic oxidation sites excluding steroid dienone is 3. The lowest BCUT2D eigenvalue weighted by Gasteiger charge is -1.97. The van der Waals surface area contributed by atoms with Crippen LogP contribution in [0.4, 0.5) is 0 Å². The fourth-order valence-electron chi connectivity index (χ4n) is 1.36. The molecule has 0 spiro atoms. The van der Waals surface area contributed by atoms with Gasteiger partial charge in [0.2, 0.25) is 0 Å². The Morgan fingerprint density at radius 2 is 1.67 bits per heavy atom. The van der Waals surface area contributed by atoms with Gasteiger partial charge in [-0.3, -0.25) is 4.79 Å². The second-order valence-electron chi connectivity index (χ2n) is 3.81. The molecule has 0 aliphatic rings. The zero-order chi connectivity index (χ0) is 11.3. The van der Waals surface area contributed by atoms with E-state index in [1.54, 1.807) is 6.92 Å². The van der Waals surface area contributed by atoms with Gasteiger partial charge in [-0.05, 0) is 31.9 Å². The van der Waals surface area contributed by atoms with Crippen molar-refractivity contribution in [3.05, 3.63) is 52.6 Å². The highest BCUT2D eigenvalue weighted by molar-refractivity contribution is 5.74. The largest absolute Gasteiger partial charge is 0.298 e. The summed E-state index contributed by atoms with van der Waals surface area (Å²) in [6.45, 7) is 5.86. The van der Waals surface area contributed by atoms with E-state index in [9.17, 15) is 4.79 Å². The van der Waals surface area contributed by atoms with Gasteiger partial charge in [-0.1, -0.05) is 47.6 Å². The molecular weight excluding hydrogens is 184 g/mol. The van der Waals surface area contributed by atoms with Crippen molar-refractivity contribution >= 4 is 12.4 Å². The van der Waals surface area contributed by atoms with Crippen LogP contribution in [0.5, 0.6) is 0 Å². The van der Waals surface area contributed by atoms with E-state index in [0.29, 0.717) is 0 Å². The van der Waals surface area contributed by atoms with Crippen molar-refractivity contribution in [2.75, 3.05) is 0 Å². The zero-order valence-electron chi connectivity index (χ0n) is 9.45. The molecule has 0 N–H and O–H groups in total. The summed E-state index contributed by atoms with van der Waals surface area (Å²) >= 11 is 0. The molecule has 78 valence electrons. The van der Waals surface area contributed by atoms with Crippen LogP contribution in [0.2, 0.25) is 0 Å². The first-order chi connectivity index (χ1) is 7.11. The van der Waals surface area contributed by atoms with Crippen molar-refractivity contribution in [3.63, 3.8) is 0 Å². The normalized spacial score (nSPS) is 12.7. The molecule has 0 amide bonds. The number of carbonyl (C=O) groups is 1. The predicted octanol–water partition coefficient (Wildman–Crippen LogP) is 3.54. The van der Waals surface area contributed by atoms with Crippen molar-refractivity contribution < 1.29 is 4.79 Å². The summed E-state index contributed by atoms with van der Waals surface area (Å²) in [4.78, 5) is 10.4. The maximum Gasteiger partial charge on any atom is 0.145 e. The molecule has 0 saturated heterocycles. The van der Waals surface area contributed by atoms with E-state index in [2.05, 4.69) is 37.3 Å². The molecule has 1 aromatic rings. The highest BCUT2D eigenvalue weighted by Crippen LogP contribution is 2.10. The van der Waals surface area contributed by atoms with Crippen LogP contribution in [0, 0.1) is 6.92 Å². The molecule has 1 nitrogen and oxygen atoms in total. The smallest absolute Gasteiger partial charge is 0.145 e. The van der Waals surface area contributed by atoms with Gasteiger partial charge in [0.15, 0.2) is 0 Å². The molecular formula is C14H16O. The monoisotopic (exact) mass is 200 g/mol. The van der Waals surface area contributed by atoms with E-state index < -0.39 is 0 Å². The SMILES string of the molecule is C/C(C=O)=C/C(C)=C/c1ccc(C)cc1. The molecule has 1 rings (SSSR count). The summed E-state index contributed by atoms with van der Waals surface area (Å²) in [6, 6.07) is 8.30. The van der Waals surface area contributed by atoms with Crippen molar-refractivity contribution in [2.45, 2.75) is 20.8 Å². The van der Waals surface area contributed by atoms with E-state index in [4.69, 9.17) is 0 Å². The Bertz CT molecular complexity index is 394. The standard InChI is InChI=1S/C14H16O/c1-11-4-6-14(7-5-11)9-12(2)8-13(3)10-15/h4-10H,1-3H3/b12-9+,13-8-. The molecule has 1 aromatic carbocycles. The number of aryl methyl sites for hydroxylation is 1. The minimum atomic E-state index is 0.746. The summed E-state index contributed by atoms with van der Waals surface area (Å²) in [6.07, 6.45) is 4.81. The van der Waals surface area contributed by atoms with Gasteiger partial charge in [0.25, 0.3) is 0 Å². The molecule has 0 unspecified atom stereocenters. The van der Waals surface area contributed by atoms with Gasteiger partial charge in [0.05, 0.1) is 0 Å². The van der Waals surface area contributed by atoms with E-state index in [0.717, 1.165) is 23.0 Å². The molecule has 0 aliphatic heterocycles. The molecule has 0 aromatic heterocycles. The third-order valence-electron chi connectivity index (χ3n) is 2.11. The second-order valence-corrected chi connectivity index (χ2v) is 3.81. The second kappa shape index (κ2) is 5.30. The Labute approximate surface area is 91.1 Å². The Kier molecular flexibility index (Phi) is 4.04. The lowest BCUT2D eigenvalue weighted by Crippen LogP contribution is -1.79. The first kappa shape index (κ1) is 11.4.